The third kappa shape index (κ3) is 5.79. The van der Waals surface area contributed by atoms with Gasteiger partial charge in [-0.05, 0) is 49.7 Å². The number of aliphatic carboxylic acids is 1. The normalized spacial score (nSPS) is 24.6. The lowest BCUT2D eigenvalue weighted by atomic mass is 9.99. The Bertz CT molecular complexity index is 1060. The summed E-state index contributed by atoms with van der Waals surface area (Å²) in [6, 6.07) is 10.7. The number of carboxylic acid groups (broad SMARTS) is 1. The molecule has 2 aromatic carbocycles. The monoisotopic (exact) mass is 510 g/mol. The number of hydrogen-bond donors (Lipinski definition) is 1. The van der Waals surface area contributed by atoms with Gasteiger partial charge in [0.1, 0.15) is 23.4 Å². The highest BCUT2D eigenvalue weighted by atomic mass is 19.4. The highest BCUT2D eigenvalue weighted by Crippen LogP contribution is 2.40. The van der Waals surface area contributed by atoms with Crippen LogP contribution in [0.2, 0.25) is 0 Å². The Hall–Kier alpha value is -3.17. The van der Waals surface area contributed by atoms with E-state index in [1.807, 2.05) is 11.8 Å². The van der Waals surface area contributed by atoms with Gasteiger partial charge >= 0.3 is 12.1 Å². The predicted octanol–water partition coefficient (Wildman–Crippen LogP) is 5.50. The number of rotatable bonds is 7. The van der Waals surface area contributed by atoms with Crippen molar-refractivity contribution in [2.24, 2.45) is 5.92 Å². The van der Waals surface area contributed by atoms with Gasteiger partial charge in [-0.3, -0.25) is 4.79 Å². The van der Waals surface area contributed by atoms with Crippen LogP contribution in [0.1, 0.15) is 32.6 Å². The minimum absolute atomic E-state index is 0.0188. The van der Waals surface area contributed by atoms with Gasteiger partial charge in [0.2, 0.25) is 0 Å². The number of carbonyl (C=O) groups is 1. The highest BCUT2D eigenvalue weighted by Gasteiger charge is 2.47. The molecule has 2 heterocycles. The quantitative estimate of drug-likeness (QED) is 0.497. The average molecular weight is 511 g/mol. The van der Waals surface area contributed by atoms with Crippen molar-refractivity contribution in [1.29, 1.82) is 0 Å². The van der Waals surface area contributed by atoms with Crippen LogP contribution in [0.4, 0.5) is 28.9 Å². The lowest BCUT2D eigenvalue weighted by Crippen LogP contribution is -2.44. The minimum Gasteiger partial charge on any atom is -0.497 e. The summed E-state index contributed by atoms with van der Waals surface area (Å²) in [6.07, 6.45) is -3.72. The van der Waals surface area contributed by atoms with Gasteiger partial charge in [0.05, 0.1) is 25.1 Å². The Morgan fingerprint density at radius 2 is 1.78 bits per heavy atom. The van der Waals surface area contributed by atoms with Gasteiger partial charge in [0.15, 0.2) is 0 Å². The van der Waals surface area contributed by atoms with Crippen LogP contribution in [0, 0.1) is 11.7 Å². The van der Waals surface area contributed by atoms with Crippen LogP contribution in [-0.4, -0.2) is 55.6 Å². The summed E-state index contributed by atoms with van der Waals surface area (Å²) in [5.74, 6) is -1.82. The molecular formula is C26H30F4N2O4. The van der Waals surface area contributed by atoms with E-state index < -0.39 is 24.1 Å². The Balaban J connectivity index is 1.39. The molecular weight excluding hydrogens is 480 g/mol. The molecule has 4 rings (SSSR count). The van der Waals surface area contributed by atoms with Gasteiger partial charge in [0.25, 0.3) is 0 Å². The SMILES string of the molecule is COc1ccc(F)c(N2CC[C@H](Oc3ccc(N4C[C@H](C(F)(F)F)C[C@@H]4CC(=O)O)cc3)C[C@@H]2C)c1. The van der Waals surface area contributed by atoms with Crippen molar-refractivity contribution in [3.8, 4) is 11.5 Å². The fourth-order valence-electron chi connectivity index (χ4n) is 5.21. The van der Waals surface area contributed by atoms with Crippen LogP contribution in [-0.2, 0) is 4.79 Å². The van der Waals surface area contributed by atoms with Gasteiger partial charge < -0.3 is 24.4 Å². The molecule has 0 radical (unpaired) electrons. The lowest BCUT2D eigenvalue weighted by Gasteiger charge is -2.39. The molecule has 0 amide bonds. The van der Waals surface area contributed by atoms with Gasteiger partial charge in [-0.1, -0.05) is 0 Å². The zero-order chi connectivity index (χ0) is 26.0. The molecule has 36 heavy (non-hydrogen) atoms. The van der Waals surface area contributed by atoms with Gasteiger partial charge in [0, 0.05) is 49.8 Å². The molecule has 0 aromatic heterocycles. The Morgan fingerprint density at radius 3 is 2.39 bits per heavy atom. The molecule has 2 aromatic rings. The smallest absolute Gasteiger partial charge is 0.393 e. The number of anilines is 2. The third-order valence-corrected chi connectivity index (χ3v) is 7.05. The molecule has 10 heteroatoms. The van der Waals surface area contributed by atoms with E-state index in [1.54, 1.807) is 36.4 Å². The number of hydrogen-bond acceptors (Lipinski definition) is 5. The van der Waals surface area contributed by atoms with Crippen molar-refractivity contribution in [3.05, 3.63) is 48.3 Å². The fraction of sp³-hybridized carbons (Fsp3) is 0.500. The Labute approximate surface area is 207 Å². The third-order valence-electron chi connectivity index (χ3n) is 7.05. The van der Waals surface area contributed by atoms with E-state index in [1.165, 1.54) is 18.1 Å². The van der Waals surface area contributed by atoms with Crippen LogP contribution >= 0.6 is 0 Å². The molecule has 0 aliphatic carbocycles. The second-order valence-electron chi connectivity index (χ2n) is 9.50. The number of ether oxygens (including phenoxy) is 2. The first-order valence-electron chi connectivity index (χ1n) is 12.0. The lowest BCUT2D eigenvalue weighted by molar-refractivity contribution is -0.169. The van der Waals surface area contributed by atoms with Crippen molar-refractivity contribution in [2.75, 3.05) is 30.0 Å². The summed E-state index contributed by atoms with van der Waals surface area (Å²) >= 11 is 0. The Morgan fingerprint density at radius 1 is 1.08 bits per heavy atom. The number of halogens is 4. The second kappa shape index (κ2) is 10.4. The average Bonchev–Trinajstić information content (AvgIpc) is 3.24. The van der Waals surface area contributed by atoms with Crippen LogP contribution in [0.25, 0.3) is 0 Å². The second-order valence-corrected chi connectivity index (χ2v) is 9.50. The summed E-state index contributed by atoms with van der Waals surface area (Å²) in [5.41, 5.74) is 1.03. The first-order chi connectivity index (χ1) is 17.0. The molecule has 2 fully saturated rings. The molecule has 0 saturated carbocycles. The summed E-state index contributed by atoms with van der Waals surface area (Å²) in [6.45, 7) is 2.33. The molecule has 0 spiro atoms. The fourth-order valence-corrected chi connectivity index (χ4v) is 5.21. The van der Waals surface area contributed by atoms with E-state index >= 15 is 0 Å². The molecule has 0 unspecified atom stereocenters. The number of nitrogens with zero attached hydrogens (tertiary/aromatic N) is 2. The topological polar surface area (TPSA) is 62.2 Å². The van der Waals surface area contributed by atoms with Gasteiger partial charge in [-0.25, -0.2) is 4.39 Å². The van der Waals surface area contributed by atoms with Gasteiger partial charge in [-0.15, -0.1) is 0 Å². The predicted molar refractivity (Wildman–Crippen MR) is 127 cm³/mol. The van der Waals surface area contributed by atoms with Crippen molar-refractivity contribution in [1.82, 2.24) is 0 Å². The van der Waals surface area contributed by atoms with Crippen LogP contribution in [0.5, 0.6) is 11.5 Å². The van der Waals surface area contributed by atoms with Crippen molar-refractivity contribution in [2.45, 2.75) is 57.0 Å². The zero-order valence-electron chi connectivity index (χ0n) is 20.2. The maximum absolute atomic E-state index is 14.4. The van der Waals surface area contributed by atoms with Gasteiger partial charge in [-0.2, -0.15) is 13.2 Å². The van der Waals surface area contributed by atoms with Crippen LogP contribution in [0.3, 0.4) is 0 Å². The molecule has 0 bridgehead atoms. The van der Waals surface area contributed by atoms with Crippen LogP contribution in [0.15, 0.2) is 42.5 Å². The van der Waals surface area contributed by atoms with E-state index in [0.29, 0.717) is 42.3 Å². The van der Waals surface area contributed by atoms with Crippen molar-refractivity contribution < 1.29 is 36.9 Å². The largest absolute Gasteiger partial charge is 0.497 e. The first kappa shape index (κ1) is 25.9. The van der Waals surface area contributed by atoms with Crippen LogP contribution < -0.4 is 19.3 Å². The maximum Gasteiger partial charge on any atom is 0.393 e. The molecule has 2 saturated heterocycles. The van der Waals surface area contributed by atoms with Crippen molar-refractivity contribution >= 4 is 17.3 Å². The number of methoxy groups -OCH3 is 1. The number of piperidine rings is 1. The summed E-state index contributed by atoms with van der Waals surface area (Å²) in [4.78, 5) is 14.7. The maximum atomic E-state index is 14.4. The number of benzene rings is 2. The standard InChI is InChI=1S/C26H30F4N2O4/c1-16-11-22(9-10-31(16)24-14-21(35-2)7-8-23(24)27)36-20-5-3-18(4-6-20)32-15-17(26(28,29)30)12-19(32)13-25(33)34/h3-8,14,16-17,19,22H,9-13,15H2,1-2H3,(H,33,34)/t16-,17+,19+,22-/m0/s1. The minimum atomic E-state index is -4.37. The summed E-state index contributed by atoms with van der Waals surface area (Å²) in [5, 5.41) is 9.15. The van der Waals surface area contributed by atoms with Crippen molar-refractivity contribution in [3.63, 3.8) is 0 Å². The molecule has 6 nitrogen and oxygen atoms in total. The molecule has 196 valence electrons. The first-order valence-corrected chi connectivity index (χ1v) is 12.0. The molecule has 2 aliphatic heterocycles. The van der Waals surface area contributed by atoms with E-state index in [-0.39, 0.29) is 37.3 Å². The highest BCUT2D eigenvalue weighted by molar-refractivity contribution is 5.69. The van der Waals surface area contributed by atoms with E-state index in [4.69, 9.17) is 14.6 Å². The Kier molecular flexibility index (Phi) is 7.51. The molecule has 2 aliphatic rings. The molecule has 1 N–H and O–H groups in total. The number of carboxylic acids is 1. The zero-order valence-corrected chi connectivity index (χ0v) is 20.2. The number of alkyl halides is 3. The van der Waals surface area contributed by atoms with E-state index in [0.717, 1.165) is 0 Å². The van der Waals surface area contributed by atoms with E-state index in [2.05, 4.69) is 0 Å². The summed E-state index contributed by atoms with van der Waals surface area (Å²) < 4.78 is 65.7. The molecule has 4 atom stereocenters. The summed E-state index contributed by atoms with van der Waals surface area (Å²) in [7, 11) is 1.54. The van der Waals surface area contributed by atoms with E-state index in [9.17, 15) is 22.4 Å².